The Labute approximate surface area is 197 Å². The van der Waals surface area contributed by atoms with Crippen molar-refractivity contribution in [3.63, 3.8) is 0 Å². The number of hydrogen-bond acceptors (Lipinski definition) is 5. The molecule has 3 N–H and O–H groups in total. The average molecular weight is 484 g/mol. The van der Waals surface area contributed by atoms with Crippen LogP contribution in [0.1, 0.15) is 17.2 Å². The van der Waals surface area contributed by atoms with Gasteiger partial charge in [-0.1, -0.05) is 65.1 Å². The van der Waals surface area contributed by atoms with Crippen LogP contribution in [0.5, 0.6) is 5.88 Å². The van der Waals surface area contributed by atoms with Crippen molar-refractivity contribution in [1.82, 2.24) is 10.2 Å². The van der Waals surface area contributed by atoms with Gasteiger partial charge in [-0.05, 0) is 29.8 Å². The zero-order chi connectivity index (χ0) is 22.4. The summed E-state index contributed by atoms with van der Waals surface area (Å²) in [6, 6.07) is 18.4. The van der Waals surface area contributed by atoms with Crippen LogP contribution in [0.15, 0.2) is 70.5 Å². The van der Waals surface area contributed by atoms with Crippen molar-refractivity contribution < 1.29 is 9.15 Å². The molecule has 6 nitrogen and oxygen atoms in total. The molecule has 0 fully saturated rings. The Kier molecular flexibility index (Phi) is 5.10. The lowest BCUT2D eigenvalue weighted by Gasteiger charge is -2.22. The van der Waals surface area contributed by atoms with Gasteiger partial charge < -0.3 is 14.9 Å². The molecule has 158 valence electrons. The van der Waals surface area contributed by atoms with Gasteiger partial charge in [-0.25, -0.2) is 0 Å². The molecule has 0 saturated heterocycles. The maximum atomic E-state index is 9.86. The number of nitrogens with zero attached hydrogens (tertiary/aromatic N) is 2. The van der Waals surface area contributed by atoms with E-state index >= 15 is 0 Å². The van der Waals surface area contributed by atoms with Gasteiger partial charge >= 0.3 is 0 Å². The highest BCUT2D eigenvalue weighted by molar-refractivity contribution is 6.41. The van der Waals surface area contributed by atoms with E-state index in [1.54, 1.807) is 24.3 Å². The first-order valence-corrected chi connectivity index (χ1v) is 10.6. The molecule has 0 saturated carbocycles. The van der Waals surface area contributed by atoms with Crippen LogP contribution in [0, 0.1) is 11.3 Å². The van der Waals surface area contributed by atoms with E-state index in [9.17, 15) is 5.26 Å². The Hall–Kier alpha value is -3.37. The molecule has 2 aromatic carbocycles. The molecule has 5 rings (SSSR count). The number of nitriles is 1. The average Bonchev–Trinajstić information content (AvgIpc) is 3.40. The third-order valence-corrected chi connectivity index (χ3v) is 5.98. The van der Waals surface area contributed by atoms with E-state index in [1.807, 2.05) is 30.3 Å². The largest absolute Gasteiger partial charge is 0.460 e. The number of fused-ring (bicyclic) bond motifs is 1. The highest BCUT2D eigenvalue weighted by Gasteiger charge is 2.37. The normalized spacial score (nSPS) is 15.2. The van der Waals surface area contributed by atoms with Gasteiger partial charge in [-0.15, -0.1) is 5.10 Å². The van der Waals surface area contributed by atoms with E-state index in [2.05, 4.69) is 16.3 Å². The molecule has 1 atom stereocenters. The SMILES string of the molecule is N#CC1=C(N)Oc2n[nH]c(-c3ccccc3)c2C1c1ccc(-c2c(Cl)cc(Cl)cc2Cl)o1. The Balaban J connectivity index is 1.68. The van der Waals surface area contributed by atoms with Crippen LogP contribution in [0.2, 0.25) is 15.1 Å². The molecule has 9 heteroatoms. The van der Waals surface area contributed by atoms with Crippen molar-refractivity contribution >= 4 is 34.8 Å². The zero-order valence-corrected chi connectivity index (χ0v) is 18.5. The minimum absolute atomic E-state index is 0.0309. The van der Waals surface area contributed by atoms with Crippen molar-refractivity contribution in [2.45, 2.75) is 5.92 Å². The monoisotopic (exact) mass is 482 g/mol. The minimum Gasteiger partial charge on any atom is -0.460 e. The Bertz CT molecular complexity index is 1390. The number of nitrogens with two attached hydrogens (primary N) is 1. The lowest BCUT2D eigenvalue weighted by atomic mass is 9.86. The second-order valence-electron chi connectivity index (χ2n) is 7.05. The van der Waals surface area contributed by atoms with Crippen molar-refractivity contribution in [3.8, 4) is 34.5 Å². The standard InChI is InChI=1S/C23H13Cl3N4O2/c24-12-8-14(25)19(15(26)9-12)17-7-6-16(31-17)18-13(10-27)22(28)32-23-20(18)21(29-30-23)11-4-2-1-3-5-11/h1-9,18H,28H2,(H,29,30). The predicted molar refractivity (Wildman–Crippen MR) is 122 cm³/mol. The summed E-state index contributed by atoms with van der Waals surface area (Å²) in [6.07, 6.45) is 0. The lowest BCUT2D eigenvalue weighted by molar-refractivity contribution is 0.372. The number of H-pyrrole nitrogens is 1. The highest BCUT2D eigenvalue weighted by atomic mass is 35.5. The predicted octanol–water partition coefficient (Wildman–Crippen LogP) is 6.52. The summed E-state index contributed by atoms with van der Waals surface area (Å²) >= 11 is 18.8. The molecule has 0 aliphatic carbocycles. The maximum Gasteiger partial charge on any atom is 0.244 e. The van der Waals surface area contributed by atoms with Crippen LogP contribution in [0.4, 0.5) is 0 Å². The molecule has 1 aliphatic heterocycles. The molecule has 32 heavy (non-hydrogen) atoms. The summed E-state index contributed by atoms with van der Waals surface area (Å²) in [5.74, 6) is 0.504. The van der Waals surface area contributed by atoms with E-state index in [4.69, 9.17) is 49.7 Å². The van der Waals surface area contributed by atoms with Crippen LogP contribution in [0.3, 0.4) is 0 Å². The fourth-order valence-electron chi connectivity index (χ4n) is 3.77. The number of nitrogens with one attached hydrogen (secondary N) is 1. The third-order valence-electron chi connectivity index (χ3n) is 5.17. The molecule has 0 spiro atoms. The van der Waals surface area contributed by atoms with Crippen molar-refractivity contribution in [1.29, 1.82) is 5.26 Å². The van der Waals surface area contributed by atoms with Crippen molar-refractivity contribution in [3.05, 3.63) is 92.4 Å². The summed E-state index contributed by atoms with van der Waals surface area (Å²) in [4.78, 5) is 0. The van der Waals surface area contributed by atoms with Crippen molar-refractivity contribution in [2.75, 3.05) is 0 Å². The highest BCUT2D eigenvalue weighted by Crippen LogP contribution is 2.47. The second-order valence-corrected chi connectivity index (χ2v) is 8.31. The molecule has 1 aliphatic rings. The minimum atomic E-state index is -0.642. The first-order chi connectivity index (χ1) is 15.5. The molecule has 3 heterocycles. The van der Waals surface area contributed by atoms with E-state index in [-0.39, 0.29) is 17.3 Å². The van der Waals surface area contributed by atoms with Crippen molar-refractivity contribution in [2.24, 2.45) is 5.73 Å². The van der Waals surface area contributed by atoms with Gasteiger partial charge in [-0.2, -0.15) is 5.26 Å². The maximum absolute atomic E-state index is 9.86. The fraction of sp³-hybridized carbons (Fsp3) is 0.0435. The Morgan fingerprint density at radius 1 is 1.03 bits per heavy atom. The summed E-state index contributed by atoms with van der Waals surface area (Å²) in [6.45, 7) is 0. The number of allylic oxidation sites excluding steroid dienone is 1. The van der Waals surface area contributed by atoms with Gasteiger partial charge in [0.1, 0.15) is 23.2 Å². The molecular weight excluding hydrogens is 471 g/mol. The van der Waals surface area contributed by atoms with Crippen LogP contribution < -0.4 is 10.5 Å². The van der Waals surface area contributed by atoms with Crippen LogP contribution in [-0.2, 0) is 0 Å². The van der Waals surface area contributed by atoms with E-state index in [0.29, 0.717) is 43.4 Å². The van der Waals surface area contributed by atoms with Gasteiger partial charge in [0.15, 0.2) is 0 Å². The number of halogens is 3. The fourth-order valence-corrected chi connectivity index (χ4v) is 4.78. The third kappa shape index (κ3) is 3.32. The zero-order valence-electron chi connectivity index (χ0n) is 16.2. The topological polar surface area (TPSA) is 101 Å². The van der Waals surface area contributed by atoms with Gasteiger partial charge in [0, 0.05) is 5.02 Å². The molecule has 0 bridgehead atoms. The lowest BCUT2D eigenvalue weighted by Crippen LogP contribution is -2.20. The molecule has 1 unspecified atom stereocenters. The first-order valence-electron chi connectivity index (χ1n) is 9.44. The van der Waals surface area contributed by atoms with Crippen LogP contribution in [0.25, 0.3) is 22.6 Å². The summed E-state index contributed by atoms with van der Waals surface area (Å²) in [5.41, 5.74) is 8.99. The number of aromatic amines is 1. The molecular formula is C23H13Cl3N4O2. The first kappa shape index (κ1) is 20.5. The quantitative estimate of drug-likeness (QED) is 0.346. The van der Waals surface area contributed by atoms with E-state index < -0.39 is 5.92 Å². The number of aromatic nitrogens is 2. The molecule has 4 aromatic rings. The molecule has 0 amide bonds. The number of ether oxygens (including phenoxy) is 1. The summed E-state index contributed by atoms with van der Waals surface area (Å²) in [7, 11) is 0. The Morgan fingerprint density at radius 2 is 1.75 bits per heavy atom. The van der Waals surface area contributed by atoms with E-state index in [1.165, 1.54) is 0 Å². The van der Waals surface area contributed by atoms with Crippen LogP contribution >= 0.6 is 34.8 Å². The Morgan fingerprint density at radius 3 is 2.44 bits per heavy atom. The number of benzene rings is 2. The molecule has 0 radical (unpaired) electrons. The number of rotatable bonds is 3. The van der Waals surface area contributed by atoms with Gasteiger partial charge in [0.25, 0.3) is 0 Å². The van der Waals surface area contributed by atoms with Gasteiger partial charge in [-0.3, -0.25) is 5.10 Å². The molecule has 2 aromatic heterocycles. The van der Waals surface area contributed by atoms with E-state index in [0.717, 1.165) is 5.56 Å². The number of hydrogen-bond donors (Lipinski definition) is 2. The smallest absolute Gasteiger partial charge is 0.244 e. The van der Waals surface area contributed by atoms with Gasteiger partial charge in [0.05, 0.1) is 32.8 Å². The van der Waals surface area contributed by atoms with Gasteiger partial charge in [0.2, 0.25) is 11.8 Å². The number of furan rings is 1. The second kappa shape index (κ2) is 7.95. The van der Waals surface area contributed by atoms with Crippen LogP contribution in [-0.4, -0.2) is 10.2 Å². The summed E-state index contributed by atoms with van der Waals surface area (Å²) in [5, 5.41) is 18.2. The summed E-state index contributed by atoms with van der Waals surface area (Å²) < 4.78 is 11.8.